The molecule has 0 unspecified atom stereocenters. The fraction of sp³-hybridized carbons (Fsp3) is 0.0667. The number of nitrogens with zero attached hydrogens (tertiary/aromatic N) is 1. The van der Waals surface area contributed by atoms with Crippen LogP contribution in [0.4, 0.5) is 5.69 Å². The van der Waals surface area contributed by atoms with Gasteiger partial charge in [-0.05, 0) is 42.2 Å². The Morgan fingerprint density at radius 2 is 2.05 bits per heavy atom. The first-order chi connectivity index (χ1) is 9.65. The van der Waals surface area contributed by atoms with E-state index in [0.717, 1.165) is 15.6 Å². The standard InChI is InChI=1S/C15H11ClN2OS/c1-9-6-7-12(11(16)8-9)17-15(19)14-10-4-2-3-5-13(10)20-18-14/h2-8H,1H3,(H,17,19). The maximum atomic E-state index is 12.3. The van der Waals surface area contributed by atoms with Gasteiger partial charge in [-0.2, -0.15) is 4.37 Å². The van der Waals surface area contributed by atoms with Crippen LogP contribution in [0, 0.1) is 6.92 Å². The Morgan fingerprint density at radius 1 is 1.25 bits per heavy atom. The molecule has 1 amide bonds. The lowest BCUT2D eigenvalue weighted by atomic mass is 10.2. The molecule has 0 aliphatic carbocycles. The molecule has 20 heavy (non-hydrogen) atoms. The van der Waals surface area contributed by atoms with Crippen LogP contribution in [0.2, 0.25) is 5.02 Å². The second-order valence-electron chi connectivity index (χ2n) is 4.46. The minimum absolute atomic E-state index is 0.242. The fourth-order valence-electron chi connectivity index (χ4n) is 1.95. The highest BCUT2D eigenvalue weighted by Crippen LogP contribution is 2.26. The number of fused-ring (bicyclic) bond motifs is 1. The summed E-state index contributed by atoms with van der Waals surface area (Å²) in [7, 11) is 0. The third-order valence-electron chi connectivity index (χ3n) is 2.97. The number of amides is 1. The van der Waals surface area contributed by atoms with Crippen molar-refractivity contribution in [3.63, 3.8) is 0 Å². The predicted octanol–water partition coefficient (Wildman–Crippen LogP) is 4.51. The van der Waals surface area contributed by atoms with Gasteiger partial charge in [-0.1, -0.05) is 35.9 Å². The van der Waals surface area contributed by atoms with Crippen molar-refractivity contribution < 1.29 is 4.79 Å². The summed E-state index contributed by atoms with van der Waals surface area (Å²) in [5, 5.41) is 4.19. The molecule has 0 atom stereocenters. The summed E-state index contributed by atoms with van der Waals surface area (Å²) in [6.07, 6.45) is 0. The molecule has 5 heteroatoms. The minimum atomic E-state index is -0.242. The molecule has 0 saturated carbocycles. The highest BCUT2D eigenvalue weighted by Gasteiger charge is 2.15. The van der Waals surface area contributed by atoms with E-state index in [2.05, 4.69) is 9.69 Å². The van der Waals surface area contributed by atoms with Crippen LogP contribution in [-0.2, 0) is 0 Å². The van der Waals surface area contributed by atoms with E-state index in [1.165, 1.54) is 11.5 Å². The van der Waals surface area contributed by atoms with Crippen molar-refractivity contribution in [1.29, 1.82) is 0 Å². The van der Waals surface area contributed by atoms with Gasteiger partial charge >= 0.3 is 0 Å². The zero-order chi connectivity index (χ0) is 14.1. The number of aryl methyl sites for hydroxylation is 1. The molecule has 1 heterocycles. The van der Waals surface area contributed by atoms with Crippen LogP contribution in [0.5, 0.6) is 0 Å². The van der Waals surface area contributed by atoms with Crippen LogP contribution in [0.15, 0.2) is 42.5 Å². The number of nitrogens with one attached hydrogen (secondary N) is 1. The van der Waals surface area contributed by atoms with Crippen LogP contribution in [0.25, 0.3) is 10.1 Å². The Hall–Kier alpha value is -1.91. The van der Waals surface area contributed by atoms with E-state index in [1.807, 2.05) is 43.3 Å². The van der Waals surface area contributed by atoms with Crippen molar-refractivity contribution in [2.75, 3.05) is 5.32 Å². The Morgan fingerprint density at radius 3 is 2.85 bits per heavy atom. The monoisotopic (exact) mass is 302 g/mol. The summed E-state index contributed by atoms with van der Waals surface area (Å²) in [5.74, 6) is -0.242. The molecule has 2 aromatic carbocycles. The van der Waals surface area contributed by atoms with Gasteiger partial charge in [0.2, 0.25) is 0 Å². The molecule has 0 aliphatic rings. The lowest BCUT2D eigenvalue weighted by Gasteiger charge is -2.06. The number of hydrogen-bond acceptors (Lipinski definition) is 3. The van der Waals surface area contributed by atoms with Gasteiger partial charge in [0.15, 0.2) is 0 Å². The number of anilines is 1. The number of carbonyl (C=O) groups excluding carboxylic acids is 1. The molecule has 1 aromatic heterocycles. The maximum Gasteiger partial charge on any atom is 0.276 e. The quantitative estimate of drug-likeness (QED) is 0.756. The summed E-state index contributed by atoms with van der Waals surface area (Å²) < 4.78 is 5.22. The van der Waals surface area contributed by atoms with Crippen LogP contribution in [0.1, 0.15) is 16.1 Å². The van der Waals surface area contributed by atoms with Gasteiger partial charge in [0.05, 0.1) is 15.4 Å². The van der Waals surface area contributed by atoms with E-state index in [4.69, 9.17) is 11.6 Å². The average molecular weight is 303 g/mol. The van der Waals surface area contributed by atoms with Gasteiger partial charge in [-0.3, -0.25) is 4.79 Å². The molecule has 0 bridgehead atoms. The van der Waals surface area contributed by atoms with Gasteiger partial charge < -0.3 is 5.32 Å². The van der Waals surface area contributed by atoms with Crippen molar-refractivity contribution in [3.8, 4) is 0 Å². The van der Waals surface area contributed by atoms with Crippen molar-refractivity contribution in [2.45, 2.75) is 6.92 Å². The summed E-state index contributed by atoms with van der Waals surface area (Å²) in [5.41, 5.74) is 2.08. The SMILES string of the molecule is Cc1ccc(NC(=O)c2nsc3ccccc23)c(Cl)c1. The van der Waals surface area contributed by atoms with Gasteiger partial charge in [-0.25, -0.2) is 0 Å². The second-order valence-corrected chi connectivity index (χ2v) is 5.68. The Bertz CT molecular complexity index is 797. The molecule has 3 aromatic rings. The van der Waals surface area contributed by atoms with Crippen molar-refractivity contribution in [1.82, 2.24) is 4.37 Å². The first-order valence-corrected chi connectivity index (χ1v) is 7.22. The molecule has 3 nitrogen and oxygen atoms in total. The molecule has 0 radical (unpaired) electrons. The van der Waals surface area contributed by atoms with E-state index in [1.54, 1.807) is 6.07 Å². The third-order valence-corrected chi connectivity index (χ3v) is 4.10. The lowest BCUT2D eigenvalue weighted by Crippen LogP contribution is -2.12. The smallest absolute Gasteiger partial charge is 0.276 e. The second kappa shape index (κ2) is 5.23. The Labute approximate surface area is 125 Å². The molecule has 3 rings (SSSR count). The topological polar surface area (TPSA) is 42.0 Å². The normalized spacial score (nSPS) is 10.7. The molecular weight excluding hydrogens is 292 g/mol. The number of carbonyl (C=O) groups is 1. The number of rotatable bonds is 2. The number of benzene rings is 2. The zero-order valence-electron chi connectivity index (χ0n) is 10.7. The van der Waals surface area contributed by atoms with Crippen molar-refractivity contribution in [2.24, 2.45) is 0 Å². The summed E-state index contributed by atoms with van der Waals surface area (Å²) >= 11 is 7.44. The van der Waals surface area contributed by atoms with E-state index < -0.39 is 0 Å². The van der Waals surface area contributed by atoms with Gasteiger partial charge in [-0.15, -0.1) is 0 Å². The first-order valence-electron chi connectivity index (χ1n) is 6.07. The van der Waals surface area contributed by atoms with Gasteiger partial charge in [0.1, 0.15) is 5.69 Å². The molecule has 1 N–H and O–H groups in total. The van der Waals surface area contributed by atoms with Crippen LogP contribution in [-0.4, -0.2) is 10.3 Å². The van der Waals surface area contributed by atoms with Gasteiger partial charge in [0, 0.05) is 5.39 Å². The number of hydrogen-bond donors (Lipinski definition) is 1. The first kappa shape index (κ1) is 13.1. The van der Waals surface area contributed by atoms with Crippen molar-refractivity contribution in [3.05, 3.63) is 58.7 Å². The van der Waals surface area contributed by atoms with E-state index in [0.29, 0.717) is 16.4 Å². The minimum Gasteiger partial charge on any atom is -0.319 e. The van der Waals surface area contributed by atoms with Gasteiger partial charge in [0.25, 0.3) is 5.91 Å². The Kier molecular flexibility index (Phi) is 3.42. The largest absolute Gasteiger partial charge is 0.319 e. The predicted molar refractivity (Wildman–Crippen MR) is 83.8 cm³/mol. The lowest BCUT2D eigenvalue weighted by molar-refractivity contribution is 0.102. The van der Waals surface area contributed by atoms with Crippen LogP contribution in [0.3, 0.4) is 0 Å². The van der Waals surface area contributed by atoms with E-state index in [9.17, 15) is 4.79 Å². The molecule has 0 saturated heterocycles. The third kappa shape index (κ3) is 2.40. The Balaban J connectivity index is 1.93. The molecular formula is C15H11ClN2OS. The highest BCUT2D eigenvalue weighted by atomic mass is 35.5. The highest BCUT2D eigenvalue weighted by molar-refractivity contribution is 7.13. The molecule has 0 spiro atoms. The fourth-order valence-corrected chi connectivity index (χ4v) is 3.01. The summed E-state index contributed by atoms with van der Waals surface area (Å²) in [6.45, 7) is 1.95. The molecule has 100 valence electrons. The van der Waals surface area contributed by atoms with Crippen molar-refractivity contribution >= 4 is 44.8 Å². The van der Waals surface area contributed by atoms with E-state index in [-0.39, 0.29) is 5.91 Å². The molecule has 0 fully saturated rings. The number of aromatic nitrogens is 1. The molecule has 0 aliphatic heterocycles. The summed E-state index contributed by atoms with van der Waals surface area (Å²) in [6, 6.07) is 13.2. The number of halogens is 1. The maximum absolute atomic E-state index is 12.3. The van der Waals surface area contributed by atoms with Crippen LogP contribution < -0.4 is 5.32 Å². The summed E-state index contributed by atoms with van der Waals surface area (Å²) in [4.78, 5) is 12.3. The average Bonchev–Trinajstić information content (AvgIpc) is 2.86. The zero-order valence-corrected chi connectivity index (χ0v) is 12.3. The van der Waals surface area contributed by atoms with Crippen LogP contribution >= 0.6 is 23.1 Å². The van der Waals surface area contributed by atoms with E-state index >= 15 is 0 Å².